The van der Waals surface area contributed by atoms with E-state index in [4.69, 9.17) is 27.9 Å². The maximum Gasteiger partial charge on any atom is 0.203 e. The summed E-state index contributed by atoms with van der Waals surface area (Å²) in [4.78, 5) is 12.5. The Kier molecular flexibility index (Phi) is 4.92. The van der Waals surface area contributed by atoms with Gasteiger partial charge in [-0.05, 0) is 44.5 Å². The Morgan fingerprint density at radius 1 is 1.05 bits per heavy atom. The molecule has 0 saturated heterocycles. The summed E-state index contributed by atoms with van der Waals surface area (Å²) in [6.45, 7) is 5.60. The molecule has 1 unspecified atom stereocenters. The standard InChI is InChI=1S/C17H16Cl2O2/c1-10-4-5-11(2)14(8-10)17(20)12(3)21-13-6-7-15(18)16(19)9-13/h4-9,12H,1-3H3. The first-order valence-corrected chi connectivity index (χ1v) is 7.37. The molecule has 4 heteroatoms. The second kappa shape index (κ2) is 6.50. The van der Waals surface area contributed by atoms with Gasteiger partial charge in [-0.25, -0.2) is 0 Å². The molecule has 0 bridgehead atoms. The molecule has 0 aliphatic rings. The van der Waals surface area contributed by atoms with Crippen LogP contribution in [-0.2, 0) is 0 Å². The molecule has 0 amide bonds. The Hall–Kier alpha value is -1.51. The van der Waals surface area contributed by atoms with Gasteiger partial charge in [0.05, 0.1) is 10.0 Å². The summed E-state index contributed by atoms with van der Waals surface area (Å²) in [5.41, 5.74) is 2.67. The highest BCUT2D eigenvalue weighted by Crippen LogP contribution is 2.27. The fraction of sp³-hybridized carbons (Fsp3) is 0.235. The fourth-order valence-corrected chi connectivity index (χ4v) is 2.32. The first-order chi connectivity index (χ1) is 9.88. The van der Waals surface area contributed by atoms with Crippen LogP contribution in [0, 0.1) is 13.8 Å². The molecule has 0 fully saturated rings. The minimum atomic E-state index is -0.595. The first kappa shape index (κ1) is 15.9. The van der Waals surface area contributed by atoms with Crippen LogP contribution in [0.15, 0.2) is 36.4 Å². The summed E-state index contributed by atoms with van der Waals surface area (Å²) in [5.74, 6) is 0.470. The quantitative estimate of drug-likeness (QED) is 0.717. The van der Waals surface area contributed by atoms with Crippen molar-refractivity contribution in [3.63, 3.8) is 0 Å². The smallest absolute Gasteiger partial charge is 0.203 e. The number of carbonyl (C=O) groups is 1. The molecule has 0 radical (unpaired) electrons. The van der Waals surface area contributed by atoms with Gasteiger partial charge in [-0.3, -0.25) is 4.79 Å². The third kappa shape index (κ3) is 3.78. The molecule has 1 atom stereocenters. The van der Waals surface area contributed by atoms with Gasteiger partial charge in [0.15, 0.2) is 6.10 Å². The number of rotatable bonds is 4. The van der Waals surface area contributed by atoms with Crippen molar-refractivity contribution in [3.8, 4) is 5.75 Å². The van der Waals surface area contributed by atoms with Gasteiger partial charge in [0.1, 0.15) is 5.75 Å². The Balaban J connectivity index is 2.19. The maximum atomic E-state index is 12.5. The van der Waals surface area contributed by atoms with Crippen LogP contribution < -0.4 is 4.74 Å². The van der Waals surface area contributed by atoms with Crippen molar-refractivity contribution in [1.82, 2.24) is 0 Å². The predicted molar refractivity (Wildman–Crippen MR) is 86.8 cm³/mol. The fourth-order valence-electron chi connectivity index (χ4n) is 2.03. The summed E-state index contributed by atoms with van der Waals surface area (Å²) in [5, 5.41) is 0.859. The van der Waals surface area contributed by atoms with Gasteiger partial charge in [-0.15, -0.1) is 0 Å². The van der Waals surface area contributed by atoms with E-state index < -0.39 is 6.10 Å². The Labute approximate surface area is 134 Å². The molecule has 110 valence electrons. The highest BCUT2D eigenvalue weighted by Gasteiger charge is 2.19. The third-order valence-electron chi connectivity index (χ3n) is 3.23. The minimum Gasteiger partial charge on any atom is -0.483 e. The van der Waals surface area contributed by atoms with Gasteiger partial charge in [-0.1, -0.05) is 40.9 Å². The molecule has 0 heterocycles. The zero-order valence-corrected chi connectivity index (χ0v) is 13.6. The monoisotopic (exact) mass is 322 g/mol. The Bertz CT molecular complexity index is 680. The number of carbonyl (C=O) groups excluding carboxylic acids is 1. The van der Waals surface area contributed by atoms with Crippen LogP contribution in [0.25, 0.3) is 0 Å². The van der Waals surface area contributed by atoms with Crippen LogP contribution in [0.3, 0.4) is 0 Å². The maximum absolute atomic E-state index is 12.5. The summed E-state index contributed by atoms with van der Waals surface area (Å²) in [7, 11) is 0. The van der Waals surface area contributed by atoms with Gasteiger partial charge in [0.25, 0.3) is 0 Å². The zero-order chi connectivity index (χ0) is 15.6. The van der Waals surface area contributed by atoms with Crippen LogP contribution >= 0.6 is 23.2 Å². The number of aryl methyl sites for hydroxylation is 2. The highest BCUT2D eigenvalue weighted by molar-refractivity contribution is 6.42. The second-order valence-electron chi connectivity index (χ2n) is 5.02. The summed E-state index contributed by atoms with van der Waals surface area (Å²) >= 11 is 11.8. The number of benzene rings is 2. The molecule has 2 aromatic rings. The number of ketones is 1. The van der Waals surface area contributed by atoms with Gasteiger partial charge >= 0.3 is 0 Å². The van der Waals surface area contributed by atoms with E-state index in [-0.39, 0.29) is 5.78 Å². The van der Waals surface area contributed by atoms with Crippen LogP contribution in [-0.4, -0.2) is 11.9 Å². The predicted octanol–water partition coefficient (Wildman–Crippen LogP) is 5.26. The molecule has 21 heavy (non-hydrogen) atoms. The number of ether oxygens (including phenoxy) is 1. The van der Waals surface area contributed by atoms with E-state index in [0.717, 1.165) is 11.1 Å². The number of halogens is 2. The minimum absolute atomic E-state index is 0.0535. The van der Waals surface area contributed by atoms with Crippen molar-refractivity contribution >= 4 is 29.0 Å². The van der Waals surface area contributed by atoms with E-state index in [1.165, 1.54) is 0 Å². The molecule has 0 aromatic heterocycles. The van der Waals surface area contributed by atoms with E-state index >= 15 is 0 Å². The van der Waals surface area contributed by atoms with Gasteiger partial charge in [0.2, 0.25) is 5.78 Å². The molecule has 0 aliphatic carbocycles. The molecule has 2 nitrogen and oxygen atoms in total. The molecule has 0 N–H and O–H groups in total. The lowest BCUT2D eigenvalue weighted by atomic mass is 9.99. The van der Waals surface area contributed by atoms with E-state index in [9.17, 15) is 4.79 Å². The van der Waals surface area contributed by atoms with Crippen molar-refractivity contribution in [3.05, 3.63) is 63.1 Å². The Morgan fingerprint density at radius 3 is 2.43 bits per heavy atom. The summed E-state index contributed by atoms with van der Waals surface area (Å²) in [6, 6.07) is 10.8. The van der Waals surface area contributed by atoms with Gasteiger partial charge < -0.3 is 4.74 Å². The van der Waals surface area contributed by atoms with E-state index in [2.05, 4.69) is 0 Å². The molecule has 0 aliphatic heterocycles. The summed E-state index contributed by atoms with van der Waals surface area (Å²) in [6.07, 6.45) is -0.595. The number of hydrogen-bond donors (Lipinski definition) is 0. The third-order valence-corrected chi connectivity index (χ3v) is 3.97. The van der Waals surface area contributed by atoms with Crippen LogP contribution in [0.2, 0.25) is 10.0 Å². The van der Waals surface area contributed by atoms with Crippen LogP contribution in [0.5, 0.6) is 5.75 Å². The van der Waals surface area contributed by atoms with Crippen molar-refractivity contribution in [2.24, 2.45) is 0 Å². The van der Waals surface area contributed by atoms with Crippen LogP contribution in [0.1, 0.15) is 28.4 Å². The lowest BCUT2D eigenvalue weighted by Crippen LogP contribution is -2.24. The van der Waals surface area contributed by atoms with Crippen molar-refractivity contribution < 1.29 is 9.53 Å². The lowest BCUT2D eigenvalue weighted by Gasteiger charge is -2.15. The topological polar surface area (TPSA) is 26.3 Å². The molecule has 0 spiro atoms. The molecule has 2 aromatic carbocycles. The SMILES string of the molecule is Cc1ccc(C)c(C(=O)C(C)Oc2ccc(Cl)c(Cl)c2)c1. The van der Waals surface area contributed by atoms with Crippen molar-refractivity contribution in [2.45, 2.75) is 26.9 Å². The van der Waals surface area contributed by atoms with E-state index in [1.807, 2.05) is 32.0 Å². The average Bonchev–Trinajstić information content (AvgIpc) is 2.44. The largest absolute Gasteiger partial charge is 0.483 e. The molecule has 2 rings (SSSR count). The molecular weight excluding hydrogens is 307 g/mol. The normalized spacial score (nSPS) is 12.0. The van der Waals surface area contributed by atoms with Crippen molar-refractivity contribution in [1.29, 1.82) is 0 Å². The van der Waals surface area contributed by atoms with Gasteiger partial charge in [0, 0.05) is 11.6 Å². The zero-order valence-electron chi connectivity index (χ0n) is 12.1. The summed E-state index contributed by atoms with van der Waals surface area (Å²) < 4.78 is 5.67. The number of Topliss-reactive ketones (excluding diaryl/α,β-unsaturated/α-hetero) is 1. The van der Waals surface area contributed by atoms with Crippen molar-refractivity contribution in [2.75, 3.05) is 0 Å². The lowest BCUT2D eigenvalue weighted by molar-refractivity contribution is 0.0817. The van der Waals surface area contributed by atoms with Gasteiger partial charge in [-0.2, -0.15) is 0 Å². The number of hydrogen-bond acceptors (Lipinski definition) is 2. The first-order valence-electron chi connectivity index (χ1n) is 6.61. The highest BCUT2D eigenvalue weighted by atomic mass is 35.5. The average molecular weight is 323 g/mol. The molecule has 0 saturated carbocycles. The second-order valence-corrected chi connectivity index (χ2v) is 5.83. The van der Waals surface area contributed by atoms with E-state index in [1.54, 1.807) is 25.1 Å². The molecular formula is C17H16Cl2O2. The van der Waals surface area contributed by atoms with Crippen LogP contribution in [0.4, 0.5) is 0 Å². The van der Waals surface area contributed by atoms with E-state index in [0.29, 0.717) is 21.4 Å². The Morgan fingerprint density at radius 2 is 1.76 bits per heavy atom.